The van der Waals surface area contributed by atoms with E-state index in [-0.39, 0.29) is 12.0 Å². The fourth-order valence-electron chi connectivity index (χ4n) is 2.79. The zero-order valence-corrected chi connectivity index (χ0v) is 10.7. The number of carbonyl (C=O) groups is 2. The third kappa shape index (κ3) is 2.23. The van der Waals surface area contributed by atoms with E-state index < -0.39 is 11.0 Å². The molecule has 3 fully saturated rings. The first kappa shape index (κ1) is 12.2. The van der Waals surface area contributed by atoms with Gasteiger partial charge in [-0.25, -0.2) is 4.79 Å². The SMILES string of the molecule is CC(C)(C)OC(=O)N1CC2CC(C(N)=O)(C2)C1. The van der Waals surface area contributed by atoms with Gasteiger partial charge >= 0.3 is 6.09 Å². The second-order valence-corrected chi connectivity index (χ2v) is 6.28. The van der Waals surface area contributed by atoms with Crippen LogP contribution in [0, 0.1) is 11.3 Å². The summed E-state index contributed by atoms with van der Waals surface area (Å²) in [5, 5.41) is 0. The summed E-state index contributed by atoms with van der Waals surface area (Å²) >= 11 is 0. The lowest BCUT2D eigenvalue weighted by Crippen LogP contribution is -2.63. The topological polar surface area (TPSA) is 72.6 Å². The van der Waals surface area contributed by atoms with Crippen LogP contribution in [0.25, 0.3) is 0 Å². The highest BCUT2D eigenvalue weighted by Crippen LogP contribution is 2.50. The minimum Gasteiger partial charge on any atom is -0.444 e. The van der Waals surface area contributed by atoms with E-state index in [1.807, 2.05) is 20.8 Å². The molecule has 3 aliphatic rings. The van der Waals surface area contributed by atoms with E-state index in [4.69, 9.17) is 10.5 Å². The van der Waals surface area contributed by atoms with Gasteiger partial charge in [-0.3, -0.25) is 4.79 Å². The largest absolute Gasteiger partial charge is 0.444 e. The molecule has 3 rings (SSSR count). The molecule has 2 saturated heterocycles. The number of piperidine rings is 2. The van der Waals surface area contributed by atoms with E-state index in [1.54, 1.807) is 4.90 Å². The summed E-state index contributed by atoms with van der Waals surface area (Å²) < 4.78 is 5.31. The van der Waals surface area contributed by atoms with Gasteiger partial charge in [0.2, 0.25) is 5.91 Å². The van der Waals surface area contributed by atoms with Gasteiger partial charge < -0.3 is 15.4 Å². The zero-order chi connectivity index (χ0) is 12.8. The molecule has 0 atom stereocenters. The van der Waals surface area contributed by atoms with Crippen molar-refractivity contribution in [3.63, 3.8) is 0 Å². The van der Waals surface area contributed by atoms with Crippen LogP contribution in [0.15, 0.2) is 0 Å². The van der Waals surface area contributed by atoms with E-state index in [0.717, 1.165) is 12.8 Å². The molecule has 0 aromatic rings. The van der Waals surface area contributed by atoms with Gasteiger partial charge in [0.05, 0.1) is 5.41 Å². The number of amides is 2. The Morgan fingerprint density at radius 1 is 1.35 bits per heavy atom. The Morgan fingerprint density at radius 3 is 2.41 bits per heavy atom. The molecule has 96 valence electrons. The highest BCUT2D eigenvalue weighted by Gasteiger charge is 2.55. The summed E-state index contributed by atoms with van der Waals surface area (Å²) in [6.45, 7) is 6.59. The summed E-state index contributed by atoms with van der Waals surface area (Å²) in [6.07, 6.45) is 1.30. The molecular formula is C12H20N2O3. The first-order chi connectivity index (χ1) is 7.72. The van der Waals surface area contributed by atoms with E-state index in [9.17, 15) is 9.59 Å². The molecule has 0 spiro atoms. The van der Waals surface area contributed by atoms with Crippen molar-refractivity contribution in [2.45, 2.75) is 39.2 Å². The van der Waals surface area contributed by atoms with Crippen LogP contribution in [0.5, 0.6) is 0 Å². The van der Waals surface area contributed by atoms with E-state index in [1.165, 1.54) is 0 Å². The molecule has 2 N–H and O–H groups in total. The number of nitrogens with two attached hydrogens (primary N) is 1. The second-order valence-electron chi connectivity index (χ2n) is 6.28. The number of ether oxygens (including phenoxy) is 1. The fraction of sp³-hybridized carbons (Fsp3) is 0.833. The van der Waals surface area contributed by atoms with Gasteiger partial charge in [0.15, 0.2) is 0 Å². The van der Waals surface area contributed by atoms with Gasteiger partial charge in [-0.2, -0.15) is 0 Å². The monoisotopic (exact) mass is 240 g/mol. The van der Waals surface area contributed by atoms with Crippen LogP contribution in [-0.4, -0.2) is 35.6 Å². The Hall–Kier alpha value is -1.26. The lowest BCUT2D eigenvalue weighted by Gasteiger charge is -2.54. The first-order valence-electron chi connectivity index (χ1n) is 6.00. The predicted molar refractivity (Wildman–Crippen MR) is 62.2 cm³/mol. The van der Waals surface area contributed by atoms with Gasteiger partial charge in [0.25, 0.3) is 0 Å². The molecule has 5 nitrogen and oxygen atoms in total. The summed E-state index contributed by atoms with van der Waals surface area (Å²) in [5.74, 6) is 0.116. The van der Waals surface area contributed by atoms with Crippen LogP contribution < -0.4 is 5.73 Å². The summed E-state index contributed by atoms with van der Waals surface area (Å²) in [4.78, 5) is 24.9. The van der Waals surface area contributed by atoms with E-state index in [0.29, 0.717) is 19.0 Å². The lowest BCUT2D eigenvalue weighted by atomic mass is 9.58. The maximum absolute atomic E-state index is 11.9. The maximum Gasteiger partial charge on any atom is 0.410 e. The molecule has 2 amide bonds. The van der Waals surface area contributed by atoms with Crippen molar-refractivity contribution in [3.8, 4) is 0 Å². The van der Waals surface area contributed by atoms with Gasteiger partial charge in [-0.15, -0.1) is 0 Å². The van der Waals surface area contributed by atoms with Crippen molar-refractivity contribution < 1.29 is 14.3 Å². The number of fused-ring (bicyclic) bond motifs is 2. The van der Waals surface area contributed by atoms with Crippen molar-refractivity contribution in [2.24, 2.45) is 17.1 Å². The molecule has 0 unspecified atom stereocenters. The number of hydrogen-bond donors (Lipinski definition) is 1. The number of nitrogens with zero attached hydrogens (tertiary/aromatic N) is 1. The Balaban J connectivity index is 2.00. The highest BCUT2D eigenvalue weighted by atomic mass is 16.6. The molecule has 0 radical (unpaired) electrons. The highest BCUT2D eigenvalue weighted by molar-refractivity contribution is 5.83. The maximum atomic E-state index is 11.9. The molecule has 2 aliphatic heterocycles. The Morgan fingerprint density at radius 2 is 1.94 bits per heavy atom. The molecule has 0 aromatic carbocycles. The van der Waals surface area contributed by atoms with E-state index >= 15 is 0 Å². The second kappa shape index (κ2) is 3.62. The van der Waals surface area contributed by atoms with Crippen LogP contribution in [-0.2, 0) is 9.53 Å². The zero-order valence-electron chi connectivity index (χ0n) is 10.7. The van der Waals surface area contributed by atoms with Gasteiger partial charge in [-0.1, -0.05) is 0 Å². The van der Waals surface area contributed by atoms with Gasteiger partial charge in [0, 0.05) is 13.1 Å². The minimum atomic E-state index is -0.501. The third-order valence-electron chi connectivity index (χ3n) is 3.51. The average Bonchev–Trinajstić information content (AvgIpc) is 2.13. The van der Waals surface area contributed by atoms with Crippen molar-refractivity contribution in [2.75, 3.05) is 13.1 Å². The smallest absolute Gasteiger partial charge is 0.410 e. The Labute approximate surface area is 101 Å². The summed E-state index contributed by atoms with van der Waals surface area (Å²) in [7, 11) is 0. The number of primary amides is 1. The van der Waals surface area contributed by atoms with Crippen LogP contribution >= 0.6 is 0 Å². The molecule has 1 saturated carbocycles. The number of rotatable bonds is 1. The molecule has 2 bridgehead atoms. The van der Waals surface area contributed by atoms with Crippen molar-refractivity contribution >= 4 is 12.0 Å². The molecule has 2 heterocycles. The Bertz CT molecular complexity index is 353. The standard InChI is InChI=1S/C12H20N2O3/c1-11(2,3)17-10(16)14-6-8-4-12(5-8,7-14)9(13)15/h8H,4-7H2,1-3H3,(H2,13,15). The van der Waals surface area contributed by atoms with Crippen LogP contribution in [0.2, 0.25) is 0 Å². The average molecular weight is 240 g/mol. The first-order valence-corrected chi connectivity index (χ1v) is 6.00. The van der Waals surface area contributed by atoms with Crippen molar-refractivity contribution in [3.05, 3.63) is 0 Å². The number of hydrogen-bond acceptors (Lipinski definition) is 3. The van der Waals surface area contributed by atoms with Crippen LogP contribution in [0.3, 0.4) is 0 Å². The lowest BCUT2D eigenvalue weighted by molar-refractivity contribution is -0.145. The number of carbonyl (C=O) groups excluding carboxylic acids is 2. The predicted octanol–water partition coefficient (Wildman–Crippen LogP) is 1.12. The minimum absolute atomic E-state index is 0.290. The van der Waals surface area contributed by atoms with Gasteiger partial charge in [0.1, 0.15) is 5.60 Å². The normalized spacial score (nSPS) is 31.7. The van der Waals surface area contributed by atoms with Crippen molar-refractivity contribution in [1.82, 2.24) is 4.90 Å². The Kier molecular flexibility index (Phi) is 2.60. The molecule has 0 aromatic heterocycles. The fourth-order valence-corrected chi connectivity index (χ4v) is 2.79. The summed E-state index contributed by atoms with van der Waals surface area (Å²) in [6, 6.07) is 0. The van der Waals surface area contributed by atoms with Crippen LogP contribution in [0.4, 0.5) is 4.79 Å². The molecule has 17 heavy (non-hydrogen) atoms. The van der Waals surface area contributed by atoms with Crippen LogP contribution in [0.1, 0.15) is 33.6 Å². The summed E-state index contributed by atoms with van der Waals surface area (Å²) in [5.41, 5.74) is 4.42. The molecular weight excluding hydrogens is 220 g/mol. The molecule has 5 heteroatoms. The molecule has 1 aliphatic carbocycles. The van der Waals surface area contributed by atoms with E-state index in [2.05, 4.69) is 0 Å². The quantitative estimate of drug-likeness (QED) is 0.746. The van der Waals surface area contributed by atoms with Gasteiger partial charge in [-0.05, 0) is 39.5 Å². The third-order valence-corrected chi connectivity index (χ3v) is 3.51. The van der Waals surface area contributed by atoms with Crippen molar-refractivity contribution in [1.29, 1.82) is 0 Å².